The molecule has 9 aromatic carbocycles. The smallest absolute Gasteiger partial charge is 0.164 e. The van der Waals surface area contributed by atoms with Gasteiger partial charge in [0.05, 0.1) is 16.7 Å². The summed E-state index contributed by atoms with van der Waals surface area (Å²) in [4.78, 5) is 15.6. The average Bonchev–Trinajstić information content (AvgIpc) is 3.87. The third kappa shape index (κ3) is 5.70. The topological polar surface area (TPSA) is 43.6 Å². The van der Waals surface area contributed by atoms with Gasteiger partial charge in [-0.25, -0.2) is 15.0 Å². The molecule has 4 nitrogen and oxygen atoms in total. The summed E-state index contributed by atoms with van der Waals surface area (Å²) in [6.07, 6.45) is 0. The van der Waals surface area contributed by atoms with Crippen LogP contribution in [0.25, 0.3) is 115 Å². The fourth-order valence-corrected chi connectivity index (χ4v) is 9.90. The summed E-state index contributed by atoms with van der Waals surface area (Å²) in [5.41, 5.74) is 10.6. The molecule has 0 aliphatic rings. The average molecular weight is 783 g/mol. The zero-order valence-corrected chi connectivity index (χ0v) is 33.1. The Morgan fingerprint density at radius 3 is 1.73 bits per heavy atom. The molecule has 0 spiro atoms. The predicted octanol–water partition coefficient (Wildman–Crippen LogP) is 14.8. The highest BCUT2D eigenvalue weighted by Crippen LogP contribution is 2.41. The van der Waals surface area contributed by atoms with Crippen LogP contribution in [0.15, 0.2) is 206 Å². The summed E-state index contributed by atoms with van der Waals surface area (Å²) in [6.45, 7) is 0. The maximum absolute atomic E-state index is 5.28. The molecule has 0 unspecified atom stereocenters. The summed E-state index contributed by atoms with van der Waals surface area (Å²) in [7, 11) is 0. The third-order valence-corrected chi connectivity index (χ3v) is 12.8. The Balaban J connectivity index is 1.06. The second-order valence-corrected chi connectivity index (χ2v) is 16.3. The number of nitrogens with zero attached hydrogens (tertiary/aromatic N) is 4. The van der Waals surface area contributed by atoms with Crippen LogP contribution in [-0.4, -0.2) is 19.5 Å². The molecule has 0 amide bonds. The Morgan fingerprint density at radius 2 is 0.917 bits per heavy atom. The quantitative estimate of drug-likeness (QED) is 0.169. The van der Waals surface area contributed by atoms with Crippen molar-refractivity contribution in [1.82, 2.24) is 19.5 Å². The Morgan fingerprint density at radius 1 is 0.333 bits per heavy atom. The van der Waals surface area contributed by atoms with E-state index in [1.165, 1.54) is 41.7 Å². The molecule has 0 fully saturated rings. The molecule has 0 aliphatic heterocycles. The number of hydrogen-bond acceptors (Lipinski definition) is 4. The first-order valence-corrected chi connectivity index (χ1v) is 21.0. The molecular weight excluding hydrogens is 749 g/mol. The van der Waals surface area contributed by atoms with Crippen molar-refractivity contribution in [3.63, 3.8) is 0 Å². The van der Waals surface area contributed by atoms with E-state index >= 15 is 0 Å². The van der Waals surface area contributed by atoms with Crippen LogP contribution < -0.4 is 0 Å². The van der Waals surface area contributed by atoms with Gasteiger partial charge in [0.15, 0.2) is 17.5 Å². The van der Waals surface area contributed by atoms with Gasteiger partial charge in [0.25, 0.3) is 0 Å². The summed E-state index contributed by atoms with van der Waals surface area (Å²) in [6, 6.07) is 73.4. The molecule has 12 rings (SSSR count). The Kier molecular flexibility index (Phi) is 8.00. The van der Waals surface area contributed by atoms with Crippen LogP contribution in [0.1, 0.15) is 0 Å². The van der Waals surface area contributed by atoms with Crippen LogP contribution in [0, 0.1) is 0 Å². The van der Waals surface area contributed by atoms with Crippen LogP contribution in [0.5, 0.6) is 0 Å². The second kappa shape index (κ2) is 14.0. The van der Waals surface area contributed by atoms with Crippen molar-refractivity contribution in [1.29, 1.82) is 0 Å². The fraction of sp³-hybridized carbons (Fsp3) is 0. The van der Waals surface area contributed by atoms with E-state index in [0.717, 1.165) is 55.7 Å². The molecule has 3 heterocycles. The first-order valence-electron chi connectivity index (χ1n) is 20.2. The molecule has 0 N–H and O–H groups in total. The molecule has 280 valence electrons. The molecule has 0 atom stereocenters. The highest BCUT2D eigenvalue weighted by Gasteiger charge is 2.20. The van der Waals surface area contributed by atoms with Crippen molar-refractivity contribution in [2.45, 2.75) is 0 Å². The van der Waals surface area contributed by atoms with Crippen molar-refractivity contribution in [2.75, 3.05) is 0 Å². The van der Waals surface area contributed by atoms with E-state index in [4.69, 9.17) is 15.0 Å². The van der Waals surface area contributed by atoms with Crippen molar-refractivity contribution in [3.05, 3.63) is 206 Å². The minimum Gasteiger partial charge on any atom is -0.309 e. The van der Waals surface area contributed by atoms with E-state index in [0.29, 0.717) is 17.5 Å². The summed E-state index contributed by atoms with van der Waals surface area (Å²) < 4.78 is 5.01. The zero-order valence-electron chi connectivity index (χ0n) is 32.3. The largest absolute Gasteiger partial charge is 0.309 e. The summed E-state index contributed by atoms with van der Waals surface area (Å²) >= 11 is 1.84. The minimum absolute atomic E-state index is 0.613. The number of aromatic nitrogens is 4. The maximum atomic E-state index is 5.28. The molecule has 3 aromatic heterocycles. The minimum atomic E-state index is 0.613. The van der Waals surface area contributed by atoms with E-state index in [9.17, 15) is 0 Å². The molecule has 12 aromatic rings. The molecule has 0 saturated carbocycles. The number of para-hydroxylation sites is 1. The van der Waals surface area contributed by atoms with Gasteiger partial charge in [0.2, 0.25) is 0 Å². The van der Waals surface area contributed by atoms with Crippen LogP contribution in [-0.2, 0) is 0 Å². The van der Waals surface area contributed by atoms with E-state index in [-0.39, 0.29) is 0 Å². The Labute approximate surface area is 350 Å². The SMILES string of the molecule is c1ccc(-c2nc(-c3cccc(-c4ccc5sc6ccccc6c5c4)c3)nc(-c3ccc(-c4ccccc4)c(-n4c5ccccc5c5c6ccccc6ccc54)c3)n2)cc1. The van der Waals surface area contributed by atoms with Crippen molar-refractivity contribution >= 4 is 64.1 Å². The standard InChI is InChI=1S/C55H34N4S/c1-3-14-35(15-4-1)42-29-26-41(34-49(42)59-47-24-11-9-23-45(47)52-43-21-8-7-16-36(43)27-30-48(52)59)55-57-53(37-17-5-2-6-18-37)56-54(58-55)40-20-13-19-38(32-40)39-28-31-51-46(33-39)44-22-10-12-25-50(44)60-51/h1-34H. The number of rotatable bonds is 6. The van der Waals surface area contributed by atoms with Gasteiger partial charge in [-0.15, -0.1) is 11.3 Å². The summed E-state index contributed by atoms with van der Waals surface area (Å²) in [5.74, 6) is 1.87. The van der Waals surface area contributed by atoms with Crippen LogP contribution in [0.4, 0.5) is 0 Å². The second-order valence-electron chi connectivity index (χ2n) is 15.2. The highest BCUT2D eigenvalue weighted by atomic mass is 32.1. The number of benzene rings is 9. The van der Waals surface area contributed by atoms with Crippen molar-refractivity contribution in [2.24, 2.45) is 0 Å². The highest BCUT2D eigenvalue weighted by molar-refractivity contribution is 7.25. The molecule has 0 bridgehead atoms. The predicted molar refractivity (Wildman–Crippen MR) is 252 cm³/mol. The third-order valence-electron chi connectivity index (χ3n) is 11.6. The van der Waals surface area contributed by atoms with Crippen LogP contribution in [0.2, 0.25) is 0 Å². The van der Waals surface area contributed by atoms with E-state index in [1.54, 1.807) is 0 Å². The van der Waals surface area contributed by atoms with Crippen molar-refractivity contribution < 1.29 is 0 Å². The molecule has 0 radical (unpaired) electrons. The van der Waals surface area contributed by atoms with E-state index < -0.39 is 0 Å². The van der Waals surface area contributed by atoms with E-state index in [1.807, 2.05) is 29.5 Å². The Bertz CT molecular complexity index is 3610. The first kappa shape index (κ1) is 34.3. The van der Waals surface area contributed by atoms with Gasteiger partial charge in [0, 0.05) is 53.2 Å². The lowest BCUT2D eigenvalue weighted by Crippen LogP contribution is -2.02. The van der Waals surface area contributed by atoms with Gasteiger partial charge >= 0.3 is 0 Å². The van der Waals surface area contributed by atoms with Gasteiger partial charge in [0.1, 0.15) is 0 Å². The zero-order chi connectivity index (χ0) is 39.6. The lowest BCUT2D eigenvalue weighted by atomic mass is 10.00. The molecule has 5 heteroatoms. The number of fused-ring (bicyclic) bond motifs is 8. The molecule has 0 aliphatic carbocycles. The fourth-order valence-electron chi connectivity index (χ4n) is 8.81. The van der Waals surface area contributed by atoms with Crippen LogP contribution in [0.3, 0.4) is 0 Å². The van der Waals surface area contributed by atoms with Crippen molar-refractivity contribution in [3.8, 4) is 62.1 Å². The molecule has 0 saturated heterocycles. The van der Waals surface area contributed by atoms with E-state index in [2.05, 4.69) is 193 Å². The molecular formula is C55H34N4S. The van der Waals surface area contributed by atoms with Gasteiger partial charge in [-0.3, -0.25) is 0 Å². The lowest BCUT2D eigenvalue weighted by Gasteiger charge is -2.16. The van der Waals surface area contributed by atoms with Gasteiger partial charge in [-0.1, -0.05) is 164 Å². The molecule has 60 heavy (non-hydrogen) atoms. The van der Waals surface area contributed by atoms with Crippen LogP contribution >= 0.6 is 11.3 Å². The normalized spacial score (nSPS) is 11.7. The Hall–Kier alpha value is -7.73. The summed E-state index contributed by atoms with van der Waals surface area (Å²) in [5, 5.41) is 7.49. The monoisotopic (exact) mass is 782 g/mol. The lowest BCUT2D eigenvalue weighted by molar-refractivity contribution is 1.07. The number of thiophene rings is 1. The van der Waals surface area contributed by atoms with Gasteiger partial charge in [-0.05, 0) is 69.9 Å². The number of hydrogen-bond donors (Lipinski definition) is 0. The maximum Gasteiger partial charge on any atom is 0.164 e. The van der Waals surface area contributed by atoms with Gasteiger partial charge in [-0.2, -0.15) is 0 Å². The van der Waals surface area contributed by atoms with Gasteiger partial charge < -0.3 is 4.57 Å². The first-order chi connectivity index (χ1) is 29.7.